The first-order chi connectivity index (χ1) is 10.1. The van der Waals surface area contributed by atoms with Crippen molar-refractivity contribution in [1.82, 2.24) is 0 Å². The largest absolute Gasteiger partial charge is 0.0654 e. The minimum Gasteiger partial charge on any atom is -0.0654 e. The lowest BCUT2D eigenvalue weighted by molar-refractivity contribution is 0.729. The smallest absolute Gasteiger partial charge is 0.0403 e. The summed E-state index contributed by atoms with van der Waals surface area (Å²) < 4.78 is 4.54. The fourth-order valence-electron chi connectivity index (χ4n) is 2.69. The summed E-state index contributed by atoms with van der Waals surface area (Å²) in [5.41, 5.74) is 5.04. The van der Waals surface area contributed by atoms with E-state index in [-0.39, 0.29) is 0 Å². The molecule has 1 aromatic carbocycles. The summed E-state index contributed by atoms with van der Waals surface area (Å²) >= 11 is 7.74. The van der Waals surface area contributed by atoms with Crippen LogP contribution < -0.4 is 0 Å². The Morgan fingerprint density at radius 2 is 0.857 bits per heavy atom. The summed E-state index contributed by atoms with van der Waals surface area (Å²) in [6.45, 7) is 6.91. The third-order valence-electron chi connectivity index (χ3n) is 3.98. The van der Waals surface area contributed by atoms with Gasteiger partial charge in [0.15, 0.2) is 0 Å². The zero-order valence-electron chi connectivity index (χ0n) is 13.5. The second kappa shape index (κ2) is 11.0. The lowest BCUT2D eigenvalue weighted by Crippen LogP contribution is -2.09. The number of hydrogen-bond donors (Lipinski definition) is 0. The standard InChI is InChI=1S/C18H27I3/c1-4-7-10-13-14(11-8-5-2)16(19)18(21)17(20)15(13)12-9-6-3/h4-12H2,1-3H3. The Hall–Kier alpha value is 1.41. The third kappa shape index (κ3) is 5.76. The van der Waals surface area contributed by atoms with Crippen molar-refractivity contribution in [2.75, 3.05) is 0 Å². The number of unbranched alkanes of at least 4 members (excludes halogenated alkanes) is 3. The number of halogens is 3. The predicted molar refractivity (Wildman–Crippen MR) is 120 cm³/mol. The van der Waals surface area contributed by atoms with E-state index in [1.54, 1.807) is 16.7 Å². The quantitative estimate of drug-likeness (QED) is 0.197. The van der Waals surface area contributed by atoms with Gasteiger partial charge >= 0.3 is 0 Å². The predicted octanol–water partition coefficient (Wildman–Crippen LogP) is 7.53. The Morgan fingerprint density at radius 1 is 0.524 bits per heavy atom. The van der Waals surface area contributed by atoms with Gasteiger partial charge in [-0.25, -0.2) is 0 Å². The van der Waals surface area contributed by atoms with E-state index in [1.165, 1.54) is 68.5 Å². The van der Waals surface area contributed by atoms with Crippen LogP contribution in [0.2, 0.25) is 0 Å². The van der Waals surface area contributed by atoms with Crippen LogP contribution in [0.1, 0.15) is 76.0 Å². The molecule has 0 fully saturated rings. The molecule has 0 spiro atoms. The zero-order valence-corrected chi connectivity index (χ0v) is 20.0. The molecule has 0 saturated carbocycles. The van der Waals surface area contributed by atoms with Gasteiger partial charge in [0.2, 0.25) is 0 Å². The molecule has 0 atom stereocenters. The Bertz CT molecular complexity index is 417. The molecule has 120 valence electrons. The summed E-state index contributed by atoms with van der Waals surface area (Å²) in [6.07, 6.45) is 11.6. The summed E-state index contributed by atoms with van der Waals surface area (Å²) in [7, 11) is 0. The average molecular weight is 624 g/mol. The van der Waals surface area contributed by atoms with Gasteiger partial charge in [-0.3, -0.25) is 0 Å². The van der Waals surface area contributed by atoms with Crippen LogP contribution >= 0.6 is 67.8 Å². The van der Waals surface area contributed by atoms with Crippen LogP contribution in [-0.4, -0.2) is 0 Å². The summed E-state index contributed by atoms with van der Waals surface area (Å²) in [5.74, 6) is 0. The second-order valence-corrected chi connectivity index (χ2v) is 8.92. The van der Waals surface area contributed by atoms with Crippen molar-refractivity contribution in [3.63, 3.8) is 0 Å². The topological polar surface area (TPSA) is 0 Å². The molecule has 0 saturated heterocycles. The van der Waals surface area contributed by atoms with E-state index in [1.807, 2.05) is 0 Å². The van der Waals surface area contributed by atoms with E-state index in [0.29, 0.717) is 0 Å². The van der Waals surface area contributed by atoms with Gasteiger partial charge in [0.05, 0.1) is 0 Å². The van der Waals surface area contributed by atoms with Gasteiger partial charge in [0.25, 0.3) is 0 Å². The molecular formula is C18H27I3. The molecule has 0 heterocycles. The fourth-order valence-corrected chi connectivity index (χ4v) is 5.59. The van der Waals surface area contributed by atoms with Gasteiger partial charge in [-0.15, -0.1) is 0 Å². The first-order valence-electron chi connectivity index (χ1n) is 8.25. The first-order valence-corrected chi connectivity index (χ1v) is 11.5. The molecule has 0 N–H and O–H groups in total. The molecule has 0 aliphatic heterocycles. The van der Waals surface area contributed by atoms with E-state index >= 15 is 0 Å². The molecule has 1 rings (SSSR count). The Kier molecular flexibility index (Phi) is 10.8. The van der Waals surface area contributed by atoms with Crippen LogP contribution in [0.4, 0.5) is 0 Å². The first kappa shape index (κ1) is 20.5. The van der Waals surface area contributed by atoms with Gasteiger partial charge in [-0.1, -0.05) is 40.0 Å². The van der Waals surface area contributed by atoms with E-state index < -0.39 is 0 Å². The van der Waals surface area contributed by atoms with Crippen LogP contribution in [0, 0.1) is 10.7 Å². The summed E-state index contributed by atoms with van der Waals surface area (Å²) in [4.78, 5) is 0. The zero-order chi connectivity index (χ0) is 15.8. The van der Waals surface area contributed by atoms with Crippen molar-refractivity contribution in [3.05, 3.63) is 27.4 Å². The van der Waals surface area contributed by atoms with Crippen molar-refractivity contribution >= 4 is 67.8 Å². The van der Waals surface area contributed by atoms with Gasteiger partial charge in [0.1, 0.15) is 0 Å². The van der Waals surface area contributed by atoms with Crippen LogP contribution in [0.15, 0.2) is 0 Å². The fraction of sp³-hybridized carbons (Fsp3) is 0.667. The molecule has 0 radical (unpaired) electrons. The number of hydrogen-bond acceptors (Lipinski definition) is 0. The Labute approximate surface area is 172 Å². The normalized spacial score (nSPS) is 11.1. The van der Waals surface area contributed by atoms with Crippen molar-refractivity contribution in [2.45, 2.75) is 78.6 Å². The molecule has 1 aromatic rings. The van der Waals surface area contributed by atoms with Gasteiger partial charge in [-0.05, 0) is 123 Å². The molecule has 0 aromatic heterocycles. The van der Waals surface area contributed by atoms with Crippen molar-refractivity contribution in [3.8, 4) is 0 Å². The molecule has 21 heavy (non-hydrogen) atoms. The van der Waals surface area contributed by atoms with Crippen molar-refractivity contribution in [1.29, 1.82) is 0 Å². The molecular weight excluding hydrogens is 597 g/mol. The van der Waals surface area contributed by atoms with Crippen LogP contribution in [0.3, 0.4) is 0 Å². The van der Waals surface area contributed by atoms with E-state index in [2.05, 4.69) is 88.5 Å². The van der Waals surface area contributed by atoms with Crippen molar-refractivity contribution in [2.24, 2.45) is 0 Å². The maximum atomic E-state index is 2.59. The molecule has 0 nitrogen and oxygen atoms in total. The molecule has 0 unspecified atom stereocenters. The lowest BCUT2D eigenvalue weighted by Gasteiger charge is -2.21. The second-order valence-electron chi connectivity index (χ2n) is 5.69. The maximum absolute atomic E-state index is 2.59. The van der Waals surface area contributed by atoms with Crippen molar-refractivity contribution < 1.29 is 0 Å². The monoisotopic (exact) mass is 624 g/mol. The highest BCUT2D eigenvalue weighted by molar-refractivity contribution is 14.1. The Balaban J connectivity index is 3.32. The number of rotatable bonds is 9. The van der Waals surface area contributed by atoms with Gasteiger partial charge < -0.3 is 0 Å². The lowest BCUT2D eigenvalue weighted by atomic mass is 9.91. The number of benzene rings is 1. The van der Waals surface area contributed by atoms with Crippen LogP contribution in [0.5, 0.6) is 0 Å². The average Bonchev–Trinajstić information content (AvgIpc) is 2.49. The summed E-state index contributed by atoms with van der Waals surface area (Å²) in [5, 5.41) is 0. The summed E-state index contributed by atoms with van der Waals surface area (Å²) in [6, 6.07) is 0. The van der Waals surface area contributed by atoms with E-state index in [0.717, 1.165) is 0 Å². The molecule has 0 bridgehead atoms. The van der Waals surface area contributed by atoms with Gasteiger partial charge in [0, 0.05) is 10.7 Å². The van der Waals surface area contributed by atoms with E-state index in [9.17, 15) is 0 Å². The third-order valence-corrected chi connectivity index (χ3v) is 9.51. The Morgan fingerprint density at radius 3 is 1.19 bits per heavy atom. The maximum Gasteiger partial charge on any atom is 0.0403 e. The molecule has 0 amide bonds. The highest BCUT2D eigenvalue weighted by Crippen LogP contribution is 2.34. The minimum absolute atomic E-state index is 1.26. The highest BCUT2D eigenvalue weighted by Gasteiger charge is 2.19. The SMILES string of the molecule is CCCCc1c(I)c(I)c(I)c(CCCC)c1CCCC. The molecule has 0 aliphatic rings. The highest BCUT2D eigenvalue weighted by atomic mass is 127. The minimum atomic E-state index is 1.26. The van der Waals surface area contributed by atoms with E-state index in [4.69, 9.17) is 0 Å². The van der Waals surface area contributed by atoms with Gasteiger partial charge in [-0.2, -0.15) is 0 Å². The van der Waals surface area contributed by atoms with Crippen LogP contribution in [0.25, 0.3) is 0 Å². The van der Waals surface area contributed by atoms with Crippen LogP contribution in [-0.2, 0) is 19.3 Å². The molecule has 0 aliphatic carbocycles. The molecule has 3 heteroatoms.